The van der Waals surface area contributed by atoms with Gasteiger partial charge in [-0.1, -0.05) is 18.2 Å². The lowest BCUT2D eigenvalue weighted by atomic mass is 10.1. The van der Waals surface area contributed by atoms with Gasteiger partial charge >= 0.3 is 0 Å². The highest BCUT2D eigenvalue weighted by molar-refractivity contribution is 6.05. The molecule has 3 aromatic carbocycles. The van der Waals surface area contributed by atoms with Crippen LogP contribution in [-0.4, -0.2) is 13.0 Å². The fraction of sp³-hybridized carbons (Fsp3) is 0.0400. The Hall–Kier alpha value is -4.32. The summed E-state index contributed by atoms with van der Waals surface area (Å²) in [5.74, 6) is 0.980. The maximum Gasteiger partial charge on any atom is 0.291 e. The van der Waals surface area contributed by atoms with Gasteiger partial charge < -0.3 is 18.9 Å². The molecular weight excluding hydrogens is 394 g/mol. The van der Waals surface area contributed by atoms with Gasteiger partial charge in [-0.3, -0.25) is 9.59 Å². The zero-order valence-corrected chi connectivity index (χ0v) is 16.5. The van der Waals surface area contributed by atoms with Crippen molar-refractivity contribution in [2.45, 2.75) is 0 Å². The topological polar surface area (TPSA) is 81.7 Å². The summed E-state index contributed by atoms with van der Waals surface area (Å²) in [7, 11) is 1.59. The van der Waals surface area contributed by atoms with E-state index in [1.165, 1.54) is 6.07 Å². The van der Waals surface area contributed by atoms with Gasteiger partial charge in [0.05, 0.1) is 12.5 Å². The summed E-state index contributed by atoms with van der Waals surface area (Å²) in [6, 6.07) is 22.7. The van der Waals surface area contributed by atoms with Gasteiger partial charge in [0.1, 0.15) is 22.7 Å². The van der Waals surface area contributed by atoms with E-state index in [9.17, 15) is 9.59 Å². The first-order chi connectivity index (χ1) is 15.1. The molecule has 0 aliphatic rings. The smallest absolute Gasteiger partial charge is 0.291 e. The lowest BCUT2D eigenvalue weighted by molar-refractivity contribution is 0.0998. The van der Waals surface area contributed by atoms with Crippen LogP contribution in [0.2, 0.25) is 0 Å². The van der Waals surface area contributed by atoms with E-state index in [-0.39, 0.29) is 11.2 Å². The Morgan fingerprint density at radius 2 is 1.68 bits per heavy atom. The second-order valence-electron chi connectivity index (χ2n) is 7.02. The maximum atomic E-state index is 12.7. The second-order valence-corrected chi connectivity index (χ2v) is 7.02. The van der Waals surface area contributed by atoms with Crippen LogP contribution in [0.1, 0.15) is 10.6 Å². The Morgan fingerprint density at radius 1 is 0.871 bits per heavy atom. The number of fused-ring (bicyclic) bond motifs is 2. The highest BCUT2D eigenvalue weighted by Gasteiger charge is 2.14. The van der Waals surface area contributed by atoms with Crippen molar-refractivity contribution in [3.05, 3.63) is 94.8 Å². The number of rotatable bonds is 4. The van der Waals surface area contributed by atoms with Crippen molar-refractivity contribution in [3.8, 4) is 17.1 Å². The van der Waals surface area contributed by atoms with Crippen molar-refractivity contribution in [2.75, 3.05) is 12.4 Å². The van der Waals surface area contributed by atoms with Crippen molar-refractivity contribution in [1.29, 1.82) is 0 Å². The fourth-order valence-corrected chi connectivity index (χ4v) is 3.42. The van der Waals surface area contributed by atoms with Crippen LogP contribution >= 0.6 is 0 Å². The average molecular weight is 411 g/mol. The maximum absolute atomic E-state index is 12.7. The molecule has 6 nitrogen and oxygen atoms in total. The molecule has 5 aromatic rings. The predicted octanol–water partition coefficient (Wildman–Crippen LogP) is 5.47. The third-order valence-corrected chi connectivity index (χ3v) is 5.01. The number of para-hydroxylation sites is 1. The van der Waals surface area contributed by atoms with E-state index < -0.39 is 5.91 Å². The summed E-state index contributed by atoms with van der Waals surface area (Å²) in [6.45, 7) is 0. The Balaban J connectivity index is 1.44. The molecule has 1 amide bonds. The molecule has 152 valence electrons. The Labute approximate surface area is 176 Å². The number of anilines is 1. The lowest BCUT2D eigenvalue weighted by Gasteiger charge is -2.07. The number of methoxy groups -OCH3 is 1. The minimum Gasteiger partial charge on any atom is -0.497 e. The quantitative estimate of drug-likeness (QED) is 0.424. The van der Waals surface area contributed by atoms with Gasteiger partial charge in [-0.15, -0.1) is 0 Å². The Morgan fingerprint density at radius 3 is 2.45 bits per heavy atom. The van der Waals surface area contributed by atoms with E-state index >= 15 is 0 Å². The van der Waals surface area contributed by atoms with Crippen molar-refractivity contribution >= 4 is 33.5 Å². The van der Waals surface area contributed by atoms with Crippen LogP contribution in [0, 0.1) is 0 Å². The van der Waals surface area contributed by atoms with Crippen LogP contribution in [0.25, 0.3) is 33.3 Å². The van der Waals surface area contributed by atoms with E-state index in [1.807, 2.05) is 30.3 Å². The molecule has 0 atom stereocenters. The first kappa shape index (κ1) is 18.7. The molecule has 5 rings (SSSR count). The highest BCUT2D eigenvalue weighted by Crippen LogP contribution is 2.26. The highest BCUT2D eigenvalue weighted by atomic mass is 16.5. The van der Waals surface area contributed by atoms with Crippen LogP contribution in [0.4, 0.5) is 5.69 Å². The third-order valence-electron chi connectivity index (χ3n) is 5.01. The molecule has 6 heteroatoms. The number of hydrogen-bond donors (Lipinski definition) is 1. The first-order valence-electron chi connectivity index (χ1n) is 9.63. The van der Waals surface area contributed by atoms with Crippen molar-refractivity contribution < 1.29 is 18.4 Å². The number of ether oxygens (including phenoxy) is 1. The fourth-order valence-electron chi connectivity index (χ4n) is 3.42. The number of furan rings is 1. The predicted molar refractivity (Wildman–Crippen MR) is 119 cm³/mol. The van der Waals surface area contributed by atoms with E-state index in [0.717, 1.165) is 16.7 Å². The number of amides is 1. The third kappa shape index (κ3) is 3.55. The molecule has 0 radical (unpaired) electrons. The monoisotopic (exact) mass is 411 g/mol. The summed E-state index contributed by atoms with van der Waals surface area (Å²) >= 11 is 0. The number of hydrogen-bond acceptors (Lipinski definition) is 5. The molecule has 2 heterocycles. The van der Waals surface area contributed by atoms with E-state index in [4.69, 9.17) is 13.6 Å². The molecule has 0 unspecified atom stereocenters. The van der Waals surface area contributed by atoms with Gasteiger partial charge in [-0.25, -0.2) is 0 Å². The van der Waals surface area contributed by atoms with Crippen molar-refractivity contribution in [1.82, 2.24) is 0 Å². The second kappa shape index (κ2) is 7.50. The molecule has 31 heavy (non-hydrogen) atoms. The summed E-state index contributed by atoms with van der Waals surface area (Å²) < 4.78 is 16.7. The summed E-state index contributed by atoms with van der Waals surface area (Å²) in [5.41, 5.74) is 2.11. The van der Waals surface area contributed by atoms with Crippen LogP contribution in [0.15, 0.2) is 92.5 Å². The van der Waals surface area contributed by atoms with Gasteiger partial charge in [0, 0.05) is 22.7 Å². The molecule has 0 saturated carbocycles. The van der Waals surface area contributed by atoms with Crippen molar-refractivity contribution in [3.63, 3.8) is 0 Å². The molecule has 2 aromatic heterocycles. The zero-order valence-electron chi connectivity index (χ0n) is 16.5. The zero-order chi connectivity index (χ0) is 21.4. The van der Waals surface area contributed by atoms with E-state index in [2.05, 4.69) is 5.32 Å². The van der Waals surface area contributed by atoms with Gasteiger partial charge in [0.15, 0.2) is 11.2 Å². The minimum atomic E-state index is -0.394. The van der Waals surface area contributed by atoms with E-state index in [1.54, 1.807) is 49.6 Å². The summed E-state index contributed by atoms with van der Waals surface area (Å²) in [5, 5.41) is 3.99. The molecule has 0 aliphatic heterocycles. The van der Waals surface area contributed by atoms with Crippen molar-refractivity contribution in [2.24, 2.45) is 0 Å². The molecule has 0 aliphatic carbocycles. The van der Waals surface area contributed by atoms with Gasteiger partial charge in [0.25, 0.3) is 5.91 Å². The van der Waals surface area contributed by atoms with Crippen LogP contribution in [0.5, 0.6) is 5.75 Å². The molecule has 1 N–H and O–H groups in total. The number of carbonyl (C=O) groups is 1. The summed E-state index contributed by atoms with van der Waals surface area (Å²) in [4.78, 5) is 25.3. The van der Waals surface area contributed by atoms with Gasteiger partial charge in [-0.05, 0) is 54.6 Å². The molecular formula is C25H17NO5. The van der Waals surface area contributed by atoms with E-state index in [0.29, 0.717) is 28.0 Å². The number of nitrogens with one attached hydrogen (secondary N) is 1. The molecule has 0 fully saturated rings. The minimum absolute atomic E-state index is 0.197. The normalized spacial score (nSPS) is 11.0. The summed E-state index contributed by atoms with van der Waals surface area (Å²) in [6.07, 6.45) is 0. The lowest BCUT2D eigenvalue weighted by Crippen LogP contribution is -2.11. The molecule has 0 saturated heterocycles. The largest absolute Gasteiger partial charge is 0.497 e. The molecule has 0 spiro atoms. The van der Waals surface area contributed by atoms with Gasteiger partial charge in [0.2, 0.25) is 0 Å². The van der Waals surface area contributed by atoms with Crippen LogP contribution in [-0.2, 0) is 0 Å². The van der Waals surface area contributed by atoms with Gasteiger partial charge in [-0.2, -0.15) is 0 Å². The standard InChI is InChI=1S/C25H17NO5/c1-29-18-9-6-15(7-10-18)23-14-20(27)19-13-17(8-11-22(19)31-23)26-25(28)24-12-16-4-2-3-5-21(16)30-24/h2-14H,1H3,(H,26,28). The molecule has 0 bridgehead atoms. The van der Waals surface area contributed by atoms with Crippen LogP contribution < -0.4 is 15.5 Å². The Kier molecular flexibility index (Phi) is 4.52. The Bertz CT molecular complexity index is 1440. The van der Waals surface area contributed by atoms with Crippen LogP contribution in [0.3, 0.4) is 0 Å². The number of carbonyl (C=O) groups excluding carboxylic acids is 1. The number of benzene rings is 3. The first-order valence-corrected chi connectivity index (χ1v) is 9.63. The SMILES string of the molecule is COc1ccc(-c2cc(=O)c3cc(NC(=O)c4cc5ccccc5o4)ccc3o2)cc1. The average Bonchev–Trinajstić information content (AvgIpc) is 3.24.